The molecule has 0 aliphatic carbocycles. The zero-order valence-corrected chi connectivity index (χ0v) is 10.7. The van der Waals surface area contributed by atoms with E-state index in [9.17, 15) is 4.79 Å². The predicted molar refractivity (Wildman–Crippen MR) is 64.9 cm³/mol. The minimum Gasteiger partial charge on any atom is -0.351 e. The minimum absolute atomic E-state index is 0.0816. The van der Waals surface area contributed by atoms with Crippen LogP contribution in [0.25, 0.3) is 0 Å². The van der Waals surface area contributed by atoms with Crippen LogP contribution in [0.3, 0.4) is 0 Å². The van der Waals surface area contributed by atoms with Gasteiger partial charge in [-0.05, 0) is 33.3 Å². The van der Waals surface area contributed by atoms with Crippen LogP contribution in [0.5, 0.6) is 0 Å². The van der Waals surface area contributed by atoms with Crippen molar-refractivity contribution in [2.45, 2.75) is 39.1 Å². The molecule has 0 radical (unpaired) electrons. The summed E-state index contributed by atoms with van der Waals surface area (Å²) in [5, 5.41) is 7.14. The van der Waals surface area contributed by atoms with Gasteiger partial charge in [-0.1, -0.05) is 0 Å². The van der Waals surface area contributed by atoms with E-state index in [1.165, 1.54) is 0 Å². The molecule has 0 aliphatic rings. The van der Waals surface area contributed by atoms with Crippen molar-refractivity contribution in [1.82, 2.24) is 15.1 Å². The zero-order chi connectivity index (χ0) is 12.1. The van der Waals surface area contributed by atoms with Gasteiger partial charge in [-0.15, -0.1) is 11.6 Å². The van der Waals surface area contributed by atoms with Crippen molar-refractivity contribution in [3.63, 3.8) is 0 Å². The maximum absolute atomic E-state index is 11.8. The molecule has 0 saturated heterocycles. The lowest BCUT2D eigenvalue weighted by Gasteiger charge is -2.07. The summed E-state index contributed by atoms with van der Waals surface area (Å²) in [6.45, 7) is 7.04. The van der Waals surface area contributed by atoms with Gasteiger partial charge >= 0.3 is 0 Å². The molecule has 1 N–H and O–H groups in total. The first kappa shape index (κ1) is 13.0. The monoisotopic (exact) mass is 243 g/mol. The van der Waals surface area contributed by atoms with Crippen molar-refractivity contribution >= 4 is 17.5 Å². The Labute approximate surface area is 101 Å². The third kappa shape index (κ3) is 3.52. The van der Waals surface area contributed by atoms with Gasteiger partial charge in [0.2, 0.25) is 0 Å². The van der Waals surface area contributed by atoms with E-state index < -0.39 is 0 Å². The van der Waals surface area contributed by atoms with Gasteiger partial charge in [0.15, 0.2) is 0 Å². The quantitative estimate of drug-likeness (QED) is 0.804. The molecule has 0 fully saturated rings. The van der Waals surface area contributed by atoms with Crippen LogP contribution in [0.15, 0.2) is 6.07 Å². The van der Waals surface area contributed by atoms with Gasteiger partial charge in [-0.3, -0.25) is 9.48 Å². The fraction of sp³-hybridized carbons (Fsp3) is 0.636. The largest absolute Gasteiger partial charge is 0.351 e. The summed E-state index contributed by atoms with van der Waals surface area (Å²) in [7, 11) is 0. The van der Waals surface area contributed by atoms with E-state index >= 15 is 0 Å². The molecule has 0 aliphatic heterocycles. The normalized spacial score (nSPS) is 12.5. The van der Waals surface area contributed by atoms with E-state index in [1.54, 1.807) is 10.7 Å². The highest BCUT2D eigenvalue weighted by molar-refractivity contribution is 6.20. The lowest BCUT2D eigenvalue weighted by Crippen LogP contribution is -2.28. The second-order valence-corrected chi connectivity index (χ2v) is 4.56. The number of rotatable bonds is 5. The first-order valence-corrected chi connectivity index (χ1v) is 5.95. The molecule has 16 heavy (non-hydrogen) atoms. The van der Waals surface area contributed by atoms with Crippen molar-refractivity contribution in [2.75, 3.05) is 6.54 Å². The van der Waals surface area contributed by atoms with Gasteiger partial charge in [-0.2, -0.15) is 5.10 Å². The molecular formula is C11H18ClN3O. The molecule has 1 atom stereocenters. The SMILES string of the molecule is CCn1nc(C)cc1C(=O)NCCC(C)Cl. The summed E-state index contributed by atoms with van der Waals surface area (Å²) in [6, 6.07) is 1.79. The number of hydrogen-bond donors (Lipinski definition) is 1. The number of nitrogens with zero attached hydrogens (tertiary/aromatic N) is 2. The van der Waals surface area contributed by atoms with Crippen molar-refractivity contribution in [1.29, 1.82) is 0 Å². The highest BCUT2D eigenvalue weighted by Gasteiger charge is 2.12. The Morgan fingerprint density at radius 2 is 2.38 bits per heavy atom. The van der Waals surface area contributed by atoms with Gasteiger partial charge in [0.1, 0.15) is 5.69 Å². The van der Waals surface area contributed by atoms with Crippen LogP contribution >= 0.6 is 11.6 Å². The standard InChI is InChI=1S/C11H18ClN3O/c1-4-15-10(7-9(3)14-15)11(16)13-6-5-8(2)12/h7-8H,4-6H2,1-3H3,(H,13,16). The van der Waals surface area contributed by atoms with Crippen LogP contribution in [0.4, 0.5) is 0 Å². The lowest BCUT2D eigenvalue weighted by atomic mass is 10.3. The first-order valence-electron chi connectivity index (χ1n) is 5.51. The van der Waals surface area contributed by atoms with Crippen LogP contribution in [0.1, 0.15) is 36.5 Å². The van der Waals surface area contributed by atoms with E-state index in [0.717, 1.165) is 12.1 Å². The number of aromatic nitrogens is 2. The number of halogens is 1. The number of nitrogens with one attached hydrogen (secondary N) is 1. The van der Waals surface area contributed by atoms with Gasteiger partial charge in [0, 0.05) is 18.5 Å². The molecule has 1 unspecified atom stereocenters. The van der Waals surface area contributed by atoms with E-state index in [1.807, 2.05) is 20.8 Å². The Hall–Kier alpha value is -1.03. The maximum atomic E-state index is 11.8. The number of alkyl halides is 1. The molecule has 4 nitrogen and oxygen atoms in total. The predicted octanol–water partition coefficient (Wildman–Crippen LogP) is 1.96. The summed E-state index contributed by atoms with van der Waals surface area (Å²) in [5.41, 5.74) is 1.47. The summed E-state index contributed by atoms with van der Waals surface area (Å²) >= 11 is 5.80. The van der Waals surface area contributed by atoms with Crippen LogP contribution in [0.2, 0.25) is 0 Å². The number of carbonyl (C=O) groups excluding carboxylic acids is 1. The van der Waals surface area contributed by atoms with Crippen molar-refractivity contribution in [2.24, 2.45) is 0 Å². The van der Waals surface area contributed by atoms with E-state index in [4.69, 9.17) is 11.6 Å². The van der Waals surface area contributed by atoms with Crippen LogP contribution in [-0.4, -0.2) is 27.6 Å². The van der Waals surface area contributed by atoms with E-state index in [-0.39, 0.29) is 11.3 Å². The highest BCUT2D eigenvalue weighted by atomic mass is 35.5. The molecule has 1 rings (SSSR count). The van der Waals surface area contributed by atoms with Crippen LogP contribution < -0.4 is 5.32 Å². The van der Waals surface area contributed by atoms with E-state index in [0.29, 0.717) is 18.8 Å². The Balaban J connectivity index is 2.58. The maximum Gasteiger partial charge on any atom is 0.269 e. The van der Waals surface area contributed by atoms with E-state index in [2.05, 4.69) is 10.4 Å². The fourth-order valence-electron chi connectivity index (χ4n) is 1.44. The topological polar surface area (TPSA) is 46.9 Å². The summed E-state index contributed by atoms with van der Waals surface area (Å²) in [4.78, 5) is 11.8. The fourth-order valence-corrected chi connectivity index (χ4v) is 1.55. The molecule has 0 spiro atoms. The molecular weight excluding hydrogens is 226 g/mol. The molecule has 1 aromatic rings. The Kier molecular flexibility index (Phi) is 4.80. The van der Waals surface area contributed by atoms with Crippen molar-refractivity contribution in [3.05, 3.63) is 17.5 Å². The van der Waals surface area contributed by atoms with Crippen LogP contribution in [0, 0.1) is 6.92 Å². The Morgan fingerprint density at radius 3 is 2.94 bits per heavy atom. The van der Waals surface area contributed by atoms with Gasteiger partial charge in [0.05, 0.1) is 5.69 Å². The molecule has 1 heterocycles. The van der Waals surface area contributed by atoms with Crippen molar-refractivity contribution < 1.29 is 4.79 Å². The average molecular weight is 244 g/mol. The zero-order valence-electron chi connectivity index (χ0n) is 9.96. The number of amides is 1. The second-order valence-electron chi connectivity index (χ2n) is 3.81. The first-order chi connectivity index (χ1) is 7.54. The van der Waals surface area contributed by atoms with Gasteiger partial charge < -0.3 is 5.32 Å². The molecule has 0 aromatic carbocycles. The van der Waals surface area contributed by atoms with Gasteiger partial charge in [-0.25, -0.2) is 0 Å². The molecule has 5 heteroatoms. The number of carbonyl (C=O) groups is 1. The van der Waals surface area contributed by atoms with Gasteiger partial charge in [0.25, 0.3) is 5.91 Å². The highest BCUT2D eigenvalue weighted by Crippen LogP contribution is 2.04. The number of aryl methyl sites for hydroxylation is 2. The van der Waals surface area contributed by atoms with Crippen molar-refractivity contribution in [3.8, 4) is 0 Å². The van der Waals surface area contributed by atoms with Crippen LogP contribution in [-0.2, 0) is 6.54 Å². The molecule has 1 aromatic heterocycles. The average Bonchev–Trinajstić information content (AvgIpc) is 2.59. The summed E-state index contributed by atoms with van der Waals surface area (Å²) in [5.74, 6) is -0.0835. The molecule has 0 saturated carbocycles. The smallest absolute Gasteiger partial charge is 0.269 e. The third-order valence-corrected chi connectivity index (χ3v) is 2.48. The molecule has 0 bridgehead atoms. The summed E-state index contributed by atoms with van der Waals surface area (Å²) < 4.78 is 1.70. The Morgan fingerprint density at radius 1 is 1.69 bits per heavy atom. The number of hydrogen-bond acceptors (Lipinski definition) is 2. The lowest BCUT2D eigenvalue weighted by molar-refractivity contribution is 0.0942. The minimum atomic E-state index is -0.0835. The molecule has 90 valence electrons. The Bertz CT molecular complexity index is 360. The second kappa shape index (κ2) is 5.89. The third-order valence-electron chi connectivity index (χ3n) is 2.26. The summed E-state index contributed by atoms with van der Waals surface area (Å²) in [6.07, 6.45) is 0.770. The molecule has 1 amide bonds.